The minimum atomic E-state index is -1.28. The summed E-state index contributed by atoms with van der Waals surface area (Å²) in [6.07, 6.45) is 0. The molecule has 1 radical (unpaired) electrons. The fourth-order valence-corrected chi connectivity index (χ4v) is 11.6. The summed E-state index contributed by atoms with van der Waals surface area (Å²) in [7, 11) is -1.28. The van der Waals surface area contributed by atoms with Crippen LogP contribution in [0.1, 0.15) is 16.7 Å². The van der Waals surface area contributed by atoms with Crippen molar-refractivity contribution >= 4 is 8.80 Å². The van der Waals surface area contributed by atoms with Crippen molar-refractivity contribution in [2.75, 3.05) is 0 Å². The topological polar surface area (TPSA) is 0 Å². The second kappa shape index (κ2) is 17.6. The number of hydrogen-bond acceptors (Lipinski definition) is 0. The lowest BCUT2D eigenvalue weighted by Crippen LogP contribution is -2.27. The first kappa shape index (κ1) is 36.8. The molecule has 9 aromatic rings. The quantitative estimate of drug-likeness (QED) is 0.109. The van der Waals surface area contributed by atoms with Crippen LogP contribution in [-0.4, -0.2) is 8.80 Å². The lowest BCUT2D eigenvalue weighted by atomic mass is 9.92. The molecule has 1 heteroatoms. The molecular weight excluding hydrogens is 713 g/mol. The molecule has 0 saturated carbocycles. The summed E-state index contributed by atoms with van der Waals surface area (Å²) in [4.78, 5) is 0. The van der Waals surface area contributed by atoms with Crippen molar-refractivity contribution in [3.63, 3.8) is 0 Å². The highest BCUT2D eigenvalue weighted by Crippen LogP contribution is 2.39. The van der Waals surface area contributed by atoms with E-state index in [-0.39, 0.29) is 0 Å². The third-order valence-electron chi connectivity index (χ3n) is 11.3. The highest BCUT2D eigenvalue weighted by atomic mass is 28.3. The van der Waals surface area contributed by atoms with Gasteiger partial charge in [-0.25, -0.2) is 0 Å². The van der Waals surface area contributed by atoms with Gasteiger partial charge in [0.2, 0.25) is 0 Å². The van der Waals surface area contributed by atoms with E-state index < -0.39 is 8.80 Å². The van der Waals surface area contributed by atoms with Gasteiger partial charge in [0.1, 0.15) is 0 Å². The van der Waals surface area contributed by atoms with Crippen LogP contribution in [0.3, 0.4) is 0 Å². The normalized spacial score (nSPS) is 11.1. The molecular formula is C57H45Si. The van der Waals surface area contributed by atoms with Crippen molar-refractivity contribution in [2.24, 2.45) is 0 Å². The lowest BCUT2D eigenvalue weighted by Gasteiger charge is -2.26. The smallest absolute Gasteiger partial charge is 0.0618 e. The fourth-order valence-electron chi connectivity index (χ4n) is 8.60. The minimum Gasteiger partial charge on any atom is -0.0622 e. The summed E-state index contributed by atoms with van der Waals surface area (Å²) < 4.78 is 0. The second-order valence-electron chi connectivity index (χ2n) is 15.0. The summed E-state index contributed by atoms with van der Waals surface area (Å²) in [5.74, 6) is 0. The third-order valence-corrected chi connectivity index (χ3v) is 13.9. The average Bonchev–Trinajstić information content (AvgIpc) is 3.31. The van der Waals surface area contributed by atoms with Crippen molar-refractivity contribution in [1.82, 2.24) is 0 Å². The molecule has 0 amide bonds. The zero-order valence-electron chi connectivity index (χ0n) is 32.6. The highest BCUT2D eigenvalue weighted by molar-refractivity contribution is 6.58. The van der Waals surface area contributed by atoms with Crippen molar-refractivity contribution in [2.45, 2.75) is 18.1 Å². The molecule has 9 rings (SSSR count). The van der Waals surface area contributed by atoms with Crippen LogP contribution >= 0.6 is 0 Å². The first-order valence-electron chi connectivity index (χ1n) is 20.3. The molecule has 0 fully saturated rings. The largest absolute Gasteiger partial charge is 0.0622 e. The Morgan fingerprint density at radius 1 is 0.190 bits per heavy atom. The Balaban J connectivity index is 1.28. The number of hydrogen-bond donors (Lipinski definition) is 0. The number of benzene rings is 9. The zero-order chi connectivity index (χ0) is 38.9. The van der Waals surface area contributed by atoms with E-state index in [1.54, 1.807) is 0 Å². The van der Waals surface area contributed by atoms with Gasteiger partial charge in [-0.3, -0.25) is 0 Å². The maximum Gasteiger partial charge on any atom is 0.0618 e. The fraction of sp³-hybridized carbons (Fsp3) is 0.0526. The molecule has 0 unspecified atom stereocenters. The molecule has 0 saturated heterocycles. The van der Waals surface area contributed by atoms with Gasteiger partial charge in [0.15, 0.2) is 0 Å². The Morgan fingerprint density at radius 2 is 0.362 bits per heavy atom. The molecule has 277 valence electrons. The number of rotatable bonds is 12. The van der Waals surface area contributed by atoms with Gasteiger partial charge in [-0.2, -0.15) is 0 Å². The lowest BCUT2D eigenvalue weighted by molar-refractivity contribution is 1.19. The Hall–Kier alpha value is -6.80. The summed E-state index contributed by atoms with van der Waals surface area (Å²) in [6, 6.07) is 89.9. The molecule has 9 aromatic carbocycles. The van der Waals surface area contributed by atoms with Crippen molar-refractivity contribution in [3.8, 4) is 66.8 Å². The predicted octanol–water partition coefficient (Wildman–Crippen LogP) is 14.8. The van der Waals surface area contributed by atoms with E-state index in [0.717, 1.165) is 18.1 Å². The van der Waals surface area contributed by atoms with Crippen LogP contribution in [0, 0.1) is 0 Å². The first-order valence-corrected chi connectivity index (χ1v) is 22.4. The van der Waals surface area contributed by atoms with Gasteiger partial charge in [0, 0.05) is 0 Å². The molecule has 0 aliphatic rings. The van der Waals surface area contributed by atoms with Gasteiger partial charge in [0.05, 0.1) is 8.80 Å². The molecule has 0 atom stereocenters. The molecule has 0 nitrogen and oxygen atoms in total. The van der Waals surface area contributed by atoms with Gasteiger partial charge in [-0.05, 0) is 102 Å². The maximum atomic E-state index is 2.34. The SMILES string of the molecule is c1ccc(-c2cccc(-c3ccccc3)c2C[Si](Cc2c(-c3ccccc3)cccc2-c2ccccc2)Cc2c(-c3ccccc3)cccc2-c2ccccc2)cc1. The Kier molecular flexibility index (Phi) is 11.1. The van der Waals surface area contributed by atoms with E-state index in [2.05, 4.69) is 237 Å². The van der Waals surface area contributed by atoms with Crippen LogP contribution in [0.5, 0.6) is 0 Å². The summed E-state index contributed by atoms with van der Waals surface area (Å²) in [6.45, 7) is 0. The summed E-state index contributed by atoms with van der Waals surface area (Å²) in [5, 5.41) is 0. The molecule has 0 N–H and O–H groups in total. The van der Waals surface area contributed by atoms with Gasteiger partial charge in [0.25, 0.3) is 0 Å². The minimum absolute atomic E-state index is 0.995. The predicted molar refractivity (Wildman–Crippen MR) is 249 cm³/mol. The van der Waals surface area contributed by atoms with E-state index in [0.29, 0.717) is 0 Å². The second-order valence-corrected chi connectivity index (χ2v) is 17.5. The molecule has 0 aliphatic heterocycles. The molecule has 58 heavy (non-hydrogen) atoms. The van der Waals surface area contributed by atoms with Gasteiger partial charge in [-0.15, -0.1) is 0 Å². The van der Waals surface area contributed by atoms with Gasteiger partial charge in [-0.1, -0.05) is 237 Å². The van der Waals surface area contributed by atoms with Crippen LogP contribution < -0.4 is 0 Å². The molecule has 0 spiro atoms. The zero-order valence-corrected chi connectivity index (χ0v) is 33.6. The van der Waals surface area contributed by atoms with Crippen molar-refractivity contribution in [1.29, 1.82) is 0 Å². The molecule has 0 bridgehead atoms. The van der Waals surface area contributed by atoms with Crippen LogP contribution in [0.25, 0.3) is 66.8 Å². The molecule has 0 aromatic heterocycles. The molecule has 0 aliphatic carbocycles. The molecule has 0 heterocycles. The van der Waals surface area contributed by atoms with E-state index in [4.69, 9.17) is 0 Å². The van der Waals surface area contributed by atoms with Crippen LogP contribution in [0.15, 0.2) is 237 Å². The van der Waals surface area contributed by atoms with Crippen LogP contribution in [0.2, 0.25) is 0 Å². The first-order chi connectivity index (χ1) is 28.8. The van der Waals surface area contributed by atoms with Crippen molar-refractivity contribution < 1.29 is 0 Å². The third kappa shape index (κ3) is 8.04. The standard InChI is InChI=1S/C57H45Si/c1-7-22-43(23-8-1)49-34-19-35-50(44-24-9-2-10-25-44)55(49)40-58(41-56-51(45-26-11-3-12-27-45)36-20-37-52(56)46-28-13-4-14-29-46)42-57-53(47-30-15-5-16-31-47)38-21-39-54(57)48-32-17-6-18-33-48/h1-39H,40-42H2. The van der Waals surface area contributed by atoms with E-state index in [9.17, 15) is 0 Å². The van der Waals surface area contributed by atoms with Crippen molar-refractivity contribution in [3.05, 3.63) is 253 Å². The Morgan fingerprint density at radius 3 is 0.534 bits per heavy atom. The monoisotopic (exact) mass is 757 g/mol. The van der Waals surface area contributed by atoms with Crippen LogP contribution in [0.4, 0.5) is 0 Å². The van der Waals surface area contributed by atoms with E-state index in [1.165, 1.54) is 83.5 Å². The van der Waals surface area contributed by atoms with Crippen LogP contribution in [-0.2, 0) is 18.1 Å². The summed E-state index contributed by atoms with van der Waals surface area (Å²) in [5.41, 5.74) is 19.8. The maximum absolute atomic E-state index is 2.34. The van der Waals surface area contributed by atoms with Gasteiger partial charge >= 0.3 is 0 Å². The van der Waals surface area contributed by atoms with E-state index >= 15 is 0 Å². The Labute approximate surface area is 345 Å². The van der Waals surface area contributed by atoms with Gasteiger partial charge < -0.3 is 0 Å². The van der Waals surface area contributed by atoms with E-state index in [1.807, 2.05) is 0 Å². The summed E-state index contributed by atoms with van der Waals surface area (Å²) >= 11 is 0. The highest BCUT2D eigenvalue weighted by Gasteiger charge is 2.25. The average molecular weight is 758 g/mol. The Bertz CT molecular complexity index is 2230.